The zero-order chi connectivity index (χ0) is 11.8. The molecule has 1 saturated heterocycles. The van der Waals surface area contributed by atoms with Crippen molar-refractivity contribution in [2.75, 3.05) is 6.61 Å². The molecule has 0 aromatic rings. The second-order valence-corrected chi connectivity index (χ2v) is 5.12. The lowest BCUT2D eigenvalue weighted by molar-refractivity contribution is -0.286. The van der Waals surface area contributed by atoms with Crippen LogP contribution < -0.4 is 0 Å². The molecular formula is C10H20O5. The monoisotopic (exact) mass is 220 g/mol. The highest BCUT2D eigenvalue weighted by molar-refractivity contribution is 4.93. The van der Waals surface area contributed by atoms with Crippen LogP contribution in [0.2, 0.25) is 0 Å². The summed E-state index contributed by atoms with van der Waals surface area (Å²) in [6.45, 7) is 5.12. The Hall–Kier alpha value is -0.200. The summed E-state index contributed by atoms with van der Waals surface area (Å²) in [5.41, 5.74) is -0.389. The number of aliphatic hydroxyl groups is 4. The molecule has 0 bridgehead atoms. The van der Waals surface area contributed by atoms with Crippen molar-refractivity contribution in [2.45, 2.75) is 45.4 Å². The third kappa shape index (κ3) is 2.49. The van der Waals surface area contributed by atoms with Crippen LogP contribution in [-0.4, -0.2) is 51.6 Å². The van der Waals surface area contributed by atoms with Gasteiger partial charge in [-0.25, -0.2) is 0 Å². The van der Waals surface area contributed by atoms with Gasteiger partial charge < -0.3 is 25.2 Å². The third-order valence-electron chi connectivity index (χ3n) is 2.90. The number of hydrogen-bond acceptors (Lipinski definition) is 5. The van der Waals surface area contributed by atoms with Crippen molar-refractivity contribution in [3.8, 4) is 0 Å². The maximum absolute atomic E-state index is 9.84. The first-order valence-electron chi connectivity index (χ1n) is 5.09. The molecule has 5 nitrogen and oxygen atoms in total. The van der Waals surface area contributed by atoms with Crippen molar-refractivity contribution in [3.05, 3.63) is 0 Å². The van der Waals surface area contributed by atoms with E-state index in [0.717, 1.165) is 0 Å². The van der Waals surface area contributed by atoms with Gasteiger partial charge in [-0.2, -0.15) is 0 Å². The summed E-state index contributed by atoms with van der Waals surface area (Å²) >= 11 is 0. The average molecular weight is 220 g/mol. The van der Waals surface area contributed by atoms with Crippen molar-refractivity contribution >= 4 is 0 Å². The zero-order valence-electron chi connectivity index (χ0n) is 9.29. The SMILES string of the molecule is CC(C)(C)C1[C@H](O)O[C@@H](CO)[C@H](O)[C@H]1O. The number of rotatable bonds is 1. The van der Waals surface area contributed by atoms with Crippen molar-refractivity contribution in [1.82, 2.24) is 0 Å². The first-order valence-corrected chi connectivity index (χ1v) is 5.09. The molecule has 0 aromatic heterocycles. The van der Waals surface area contributed by atoms with Crippen LogP contribution in [0.3, 0.4) is 0 Å². The average Bonchev–Trinajstić information content (AvgIpc) is 2.09. The molecule has 15 heavy (non-hydrogen) atoms. The van der Waals surface area contributed by atoms with Crippen LogP contribution in [0.25, 0.3) is 0 Å². The second kappa shape index (κ2) is 4.35. The smallest absolute Gasteiger partial charge is 0.161 e. The van der Waals surface area contributed by atoms with Gasteiger partial charge in [0.25, 0.3) is 0 Å². The lowest BCUT2D eigenvalue weighted by Crippen LogP contribution is -2.58. The summed E-state index contributed by atoms with van der Waals surface area (Å²) in [6, 6.07) is 0. The predicted molar refractivity (Wildman–Crippen MR) is 52.9 cm³/mol. The van der Waals surface area contributed by atoms with E-state index in [1.807, 2.05) is 20.8 Å². The molecule has 0 aromatic carbocycles. The van der Waals surface area contributed by atoms with Crippen LogP contribution in [0.1, 0.15) is 20.8 Å². The van der Waals surface area contributed by atoms with E-state index in [4.69, 9.17) is 9.84 Å². The summed E-state index contributed by atoms with van der Waals surface area (Å²) < 4.78 is 5.05. The van der Waals surface area contributed by atoms with E-state index in [-0.39, 0.29) is 5.41 Å². The van der Waals surface area contributed by atoms with Gasteiger partial charge in [0.05, 0.1) is 12.7 Å². The van der Waals surface area contributed by atoms with Crippen LogP contribution in [0.15, 0.2) is 0 Å². The second-order valence-electron chi connectivity index (χ2n) is 5.12. The minimum absolute atomic E-state index is 0.389. The number of hydrogen-bond donors (Lipinski definition) is 4. The van der Waals surface area contributed by atoms with Crippen LogP contribution in [0.5, 0.6) is 0 Å². The van der Waals surface area contributed by atoms with Gasteiger partial charge >= 0.3 is 0 Å². The topological polar surface area (TPSA) is 90.2 Å². The quantitative estimate of drug-likeness (QED) is 0.459. The van der Waals surface area contributed by atoms with Crippen LogP contribution in [0, 0.1) is 11.3 Å². The van der Waals surface area contributed by atoms with Gasteiger partial charge in [0.15, 0.2) is 6.29 Å². The van der Waals surface area contributed by atoms with Gasteiger partial charge in [0.2, 0.25) is 0 Å². The van der Waals surface area contributed by atoms with E-state index < -0.39 is 37.1 Å². The van der Waals surface area contributed by atoms with E-state index >= 15 is 0 Å². The molecular weight excluding hydrogens is 200 g/mol. The summed E-state index contributed by atoms with van der Waals surface area (Å²) in [4.78, 5) is 0. The fourth-order valence-electron chi connectivity index (χ4n) is 2.04. The Bertz CT molecular complexity index is 212. The highest BCUT2D eigenvalue weighted by Crippen LogP contribution is 2.37. The van der Waals surface area contributed by atoms with E-state index in [1.165, 1.54) is 0 Å². The van der Waals surface area contributed by atoms with Crippen molar-refractivity contribution in [2.24, 2.45) is 11.3 Å². The largest absolute Gasteiger partial charge is 0.394 e. The van der Waals surface area contributed by atoms with Crippen LogP contribution in [-0.2, 0) is 4.74 Å². The molecule has 5 atom stereocenters. The van der Waals surface area contributed by atoms with Crippen molar-refractivity contribution in [1.29, 1.82) is 0 Å². The highest BCUT2D eigenvalue weighted by atomic mass is 16.6. The molecule has 1 heterocycles. The van der Waals surface area contributed by atoms with E-state index in [0.29, 0.717) is 0 Å². The van der Waals surface area contributed by atoms with Gasteiger partial charge in [-0.3, -0.25) is 0 Å². The van der Waals surface area contributed by atoms with E-state index in [2.05, 4.69) is 0 Å². The van der Waals surface area contributed by atoms with E-state index in [1.54, 1.807) is 0 Å². The van der Waals surface area contributed by atoms with Crippen molar-refractivity contribution in [3.63, 3.8) is 0 Å². The normalized spacial score (nSPS) is 43.0. The number of ether oxygens (including phenoxy) is 1. The standard InChI is InChI=1S/C10H20O5/c1-10(2,3)6-8(13)7(12)5(4-11)15-9(6)14/h5-9,11-14H,4H2,1-3H3/t5-,6?,7-,8-,9+/m0/s1. The Morgan fingerprint density at radius 1 is 1.07 bits per heavy atom. The number of aliphatic hydroxyl groups excluding tert-OH is 4. The molecule has 1 aliphatic heterocycles. The van der Waals surface area contributed by atoms with Gasteiger partial charge in [-0.15, -0.1) is 0 Å². The first kappa shape index (κ1) is 12.9. The molecule has 0 amide bonds. The fourth-order valence-corrected chi connectivity index (χ4v) is 2.04. The Morgan fingerprint density at radius 3 is 2.00 bits per heavy atom. The molecule has 1 fully saturated rings. The summed E-state index contributed by atoms with van der Waals surface area (Å²) in [7, 11) is 0. The lowest BCUT2D eigenvalue weighted by atomic mass is 9.73. The van der Waals surface area contributed by atoms with Gasteiger partial charge in [-0.05, 0) is 5.41 Å². The van der Waals surface area contributed by atoms with Crippen LogP contribution >= 0.6 is 0 Å². The predicted octanol–water partition coefficient (Wildman–Crippen LogP) is -0.920. The Labute approximate surface area is 89.3 Å². The van der Waals surface area contributed by atoms with Gasteiger partial charge in [0.1, 0.15) is 12.2 Å². The molecule has 0 spiro atoms. The molecule has 1 unspecified atom stereocenters. The molecule has 90 valence electrons. The Balaban J connectivity index is 2.84. The molecule has 0 aliphatic carbocycles. The van der Waals surface area contributed by atoms with E-state index in [9.17, 15) is 15.3 Å². The molecule has 5 heteroatoms. The molecule has 1 rings (SSSR count). The van der Waals surface area contributed by atoms with Crippen LogP contribution in [0.4, 0.5) is 0 Å². The molecule has 1 aliphatic rings. The fraction of sp³-hybridized carbons (Fsp3) is 1.00. The van der Waals surface area contributed by atoms with Gasteiger partial charge in [-0.1, -0.05) is 20.8 Å². The maximum Gasteiger partial charge on any atom is 0.161 e. The van der Waals surface area contributed by atoms with Crippen molar-refractivity contribution < 1.29 is 25.2 Å². The third-order valence-corrected chi connectivity index (χ3v) is 2.90. The minimum Gasteiger partial charge on any atom is -0.394 e. The minimum atomic E-state index is -1.17. The summed E-state index contributed by atoms with van der Waals surface area (Å²) in [5.74, 6) is -0.574. The molecule has 4 N–H and O–H groups in total. The first-order chi connectivity index (χ1) is 6.79. The summed E-state index contributed by atoms with van der Waals surface area (Å²) in [6.07, 6.45) is -4.34. The lowest BCUT2D eigenvalue weighted by Gasteiger charge is -2.45. The summed E-state index contributed by atoms with van der Waals surface area (Å²) in [5, 5.41) is 38.1. The molecule has 0 saturated carbocycles. The molecule has 0 radical (unpaired) electrons. The zero-order valence-corrected chi connectivity index (χ0v) is 9.29. The highest BCUT2D eigenvalue weighted by Gasteiger charge is 2.48. The Morgan fingerprint density at radius 2 is 1.60 bits per heavy atom. The Kier molecular flexibility index (Phi) is 3.73. The maximum atomic E-state index is 9.84. The van der Waals surface area contributed by atoms with Gasteiger partial charge in [0, 0.05) is 5.92 Å².